The number of carboxylic acids is 1. The maximum absolute atomic E-state index is 11.4. The smallest absolute Gasteiger partial charge is 0.337 e. The summed E-state index contributed by atoms with van der Waals surface area (Å²) in [6.07, 6.45) is 7.73. The molecule has 7 heteroatoms. The first-order chi connectivity index (χ1) is 13.1. The summed E-state index contributed by atoms with van der Waals surface area (Å²) in [4.78, 5) is 22.6. The molecule has 2 aromatic heterocycles. The molecule has 0 spiro atoms. The molecule has 0 unspecified atom stereocenters. The van der Waals surface area contributed by atoms with Crippen LogP contribution in [0.3, 0.4) is 0 Å². The SMILES string of the molecule is Cc1nccc([C@H]2CCCN2Cc2cnn(-c3ccccc3C(=O)O)c2)n1. The molecular weight excluding hydrogens is 342 g/mol. The molecule has 0 amide bonds. The number of benzene rings is 1. The van der Waals surface area contributed by atoms with Gasteiger partial charge in [0.15, 0.2) is 0 Å². The fourth-order valence-corrected chi connectivity index (χ4v) is 3.67. The highest BCUT2D eigenvalue weighted by Crippen LogP contribution is 2.32. The van der Waals surface area contributed by atoms with Crippen molar-refractivity contribution in [2.24, 2.45) is 0 Å². The van der Waals surface area contributed by atoms with E-state index in [1.54, 1.807) is 29.1 Å². The van der Waals surface area contributed by atoms with Crippen LogP contribution in [0, 0.1) is 6.92 Å². The van der Waals surface area contributed by atoms with Crippen LogP contribution in [-0.2, 0) is 6.54 Å². The molecule has 1 atom stereocenters. The lowest BCUT2D eigenvalue weighted by Gasteiger charge is -2.23. The molecule has 1 aliphatic rings. The average Bonchev–Trinajstić information content (AvgIpc) is 3.32. The van der Waals surface area contributed by atoms with E-state index in [0.717, 1.165) is 43.0 Å². The summed E-state index contributed by atoms with van der Waals surface area (Å²) in [5.74, 6) is -0.168. The molecule has 0 bridgehead atoms. The van der Waals surface area contributed by atoms with Crippen LogP contribution in [0.2, 0.25) is 0 Å². The predicted molar refractivity (Wildman–Crippen MR) is 99.7 cm³/mol. The van der Waals surface area contributed by atoms with Crippen molar-refractivity contribution >= 4 is 5.97 Å². The maximum atomic E-state index is 11.4. The number of rotatable bonds is 5. The topological polar surface area (TPSA) is 84.1 Å². The number of aromatic carboxylic acids is 1. The van der Waals surface area contributed by atoms with Crippen LogP contribution in [0.5, 0.6) is 0 Å². The molecule has 27 heavy (non-hydrogen) atoms. The molecule has 1 fully saturated rings. The minimum Gasteiger partial charge on any atom is -0.478 e. The van der Waals surface area contributed by atoms with Crippen LogP contribution in [0.1, 0.15) is 46.3 Å². The van der Waals surface area contributed by atoms with Gasteiger partial charge >= 0.3 is 5.97 Å². The fourth-order valence-electron chi connectivity index (χ4n) is 3.67. The van der Waals surface area contributed by atoms with Crippen molar-refractivity contribution in [3.8, 4) is 5.69 Å². The molecule has 3 aromatic rings. The lowest BCUT2D eigenvalue weighted by Crippen LogP contribution is -2.23. The second-order valence-electron chi connectivity index (χ2n) is 6.77. The van der Waals surface area contributed by atoms with E-state index in [-0.39, 0.29) is 11.6 Å². The lowest BCUT2D eigenvalue weighted by atomic mass is 10.1. The van der Waals surface area contributed by atoms with Crippen LogP contribution in [0.4, 0.5) is 0 Å². The Morgan fingerprint density at radius 2 is 2.15 bits per heavy atom. The Morgan fingerprint density at radius 3 is 2.96 bits per heavy atom. The minimum absolute atomic E-state index is 0.239. The van der Waals surface area contributed by atoms with Crippen molar-refractivity contribution < 1.29 is 9.90 Å². The molecular formula is C20H21N5O2. The first-order valence-corrected chi connectivity index (χ1v) is 9.01. The zero-order chi connectivity index (χ0) is 18.8. The van der Waals surface area contributed by atoms with Gasteiger partial charge in [-0.3, -0.25) is 4.90 Å². The molecule has 138 valence electrons. The van der Waals surface area contributed by atoms with Gasteiger partial charge in [0.25, 0.3) is 0 Å². The van der Waals surface area contributed by atoms with Crippen molar-refractivity contribution in [3.05, 3.63) is 71.6 Å². The van der Waals surface area contributed by atoms with E-state index in [4.69, 9.17) is 0 Å². The van der Waals surface area contributed by atoms with Gasteiger partial charge in [-0.2, -0.15) is 5.10 Å². The zero-order valence-electron chi connectivity index (χ0n) is 15.1. The molecule has 4 rings (SSSR count). The van der Waals surface area contributed by atoms with Gasteiger partial charge in [0.05, 0.1) is 29.2 Å². The molecule has 0 radical (unpaired) electrons. The number of carbonyl (C=O) groups is 1. The Hall–Kier alpha value is -3.06. The van der Waals surface area contributed by atoms with E-state index in [1.165, 1.54) is 0 Å². The van der Waals surface area contributed by atoms with E-state index in [0.29, 0.717) is 5.69 Å². The molecule has 1 aliphatic heterocycles. The van der Waals surface area contributed by atoms with Gasteiger partial charge in [-0.05, 0) is 44.5 Å². The standard InChI is InChI=1S/C20H21N5O2/c1-14-21-9-8-17(23-14)19-7-4-10-24(19)12-15-11-22-25(13-15)18-6-3-2-5-16(18)20(26)27/h2-3,5-6,8-9,11,13,19H,4,7,10,12H2,1H3,(H,26,27)/t19-/m1/s1. The number of likely N-dealkylation sites (tertiary alicyclic amines) is 1. The molecule has 3 heterocycles. The Labute approximate surface area is 157 Å². The fraction of sp³-hybridized carbons (Fsp3) is 0.300. The molecule has 7 nitrogen and oxygen atoms in total. The molecule has 1 aromatic carbocycles. The summed E-state index contributed by atoms with van der Waals surface area (Å²) >= 11 is 0. The van der Waals surface area contributed by atoms with Crippen LogP contribution in [0.15, 0.2) is 48.9 Å². The molecule has 0 saturated carbocycles. The summed E-state index contributed by atoms with van der Waals surface area (Å²) in [5, 5.41) is 13.8. The quantitative estimate of drug-likeness (QED) is 0.750. The summed E-state index contributed by atoms with van der Waals surface area (Å²) < 4.78 is 1.64. The molecule has 0 aliphatic carbocycles. The van der Waals surface area contributed by atoms with E-state index >= 15 is 0 Å². The zero-order valence-corrected chi connectivity index (χ0v) is 15.1. The van der Waals surface area contributed by atoms with E-state index in [9.17, 15) is 9.90 Å². The van der Waals surface area contributed by atoms with Gasteiger partial charge in [-0.1, -0.05) is 12.1 Å². The predicted octanol–water partition coefficient (Wildman–Crippen LogP) is 3.01. The highest BCUT2D eigenvalue weighted by molar-refractivity contribution is 5.91. The summed E-state index contributed by atoms with van der Waals surface area (Å²) in [5.41, 5.74) is 2.92. The third kappa shape index (κ3) is 3.59. The van der Waals surface area contributed by atoms with Crippen LogP contribution in [0.25, 0.3) is 5.69 Å². The second-order valence-corrected chi connectivity index (χ2v) is 6.77. The Balaban J connectivity index is 1.55. The number of nitrogens with zero attached hydrogens (tertiary/aromatic N) is 5. The summed E-state index contributed by atoms with van der Waals surface area (Å²) in [6.45, 7) is 3.67. The number of para-hydroxylation sites is 1. The molecule has 1 saturated heterocycles. The highest BCUT2D eigenvalue weighted by Gasteiger charge is 2.27. The third-order valence-corrected chi connectivity index (χ3v) is 4.91. The third-order valence-electron chi connectivity index (χ3n) is 4.91. The van der Waals surface area contributed by atoms with E-state index < -0.39 is 5.97 Å². The second kappa shape index (κ2) is 7.28. The normalized spacial score (nSPS) is 17.3. The molecule has 1 N–H and O–H groups in total. The lowest BCUT2D eigenvalue weighted by molar-refractivity contribution is 0.0696. The van der Waals surface area contributed by atoms with Crippen molar-refractivity contribution in [2.45, 2.75) is 32.4 Å². The largest absolute Gasteiger partial charge is 0.478 e. The van der Waals surface area contributed by atoms with Crippen molar-refractivity contribution in [1.82, 2.24) is 24.6 Å². The first-order valence-electron chi connectivity index (χ1n) is 9.01. The van der Waals surface area contributed by atoms with Crippen LogP contribution >= 0.6 is 0 Å². The minimum atomic E-state index is -0.957. The highest BCUT2D eigenvalue weighted by atomic mass is 16.4. The maximum Gasteiger partial charge on any atom is 0.337 e. The average molecular weight is 363 g/mol. The van der Waals surface area contributed by atoms with Gasteiger partial charge in [-0.25, -0.2) is 19.4 Å². The summed E-state index contributed by atoms with van der Waals surface area (Å²) in [7, 11) is 0. The number of aromatic nitrogens is 4. The monoisotopic (exact) mass is 363 g/mol. The van der Waals surface area contributed by atoms with Gasteiger partial charge in [0.2, 0.25) is 0 Å². The van der Waals surface area contributed by atoms with E-state index in [1.807, 2.05) is 31.5 Å². The Bertz CT molecular complexity index is 968. The number of aryl methyl sites for hydroxylation is 1. The number of hydrogen-bond donors (Lipinski definition) is 1. The van der Waals surface area contributed by atoms with Gasteiger partial charge < -0.3 is 5.11 Å². The van der Waals surface area contributed by atoms with Crippen LogP contribution < -0.4 is 0 Å². The number of hydrogen-bond acceptors (Lipinski definition) is 5. The van der Waals surface area contributed by atoms with E-state index in [2.05, 4.69) is 20.0 Å². The van der Waals surface area contributed by atoms with Crippen molar-refractivity contribution in [1.29, 1.82) is 0 Å². The van der Waals surface area contributed by atoms with Crippen molar-refractivity contribution in [2.75, 3.05) is 6.54 Å². The first kappa shape index (κ1) is 17.4. The Morgan fingerprint density at radius 1 is 1.30 bits per heavy atom. The number of carboxylic acid groups (broad SMARTS) is 1. The summed E-state index contributed by atoms with van der Waals surface area (Å²) in [6, 6.07) is 9.16. The van der Waals surface area contributed by atoms with Gasteiger partial charge in [0, 0.05) is 24.5 Å². The van der Waals surface area contributed by atoms with Crippen molar-refractivity contribution in [3.63, 3.8) is 0 Å². The van der Waals surface area contributed by atoms with Crippen LogP contribution in [-0.4, -0.2) is 42.3 Å². The Kier molecular flexibility index (Phi) is 4.68. The van der Waals surface area contributed by atoms with Gasteiger partial charge in [-0.15, -0.1) is 0 Å². The van der Waals surface area contributed by atoms with Gasteiger partial charge in [0.1, 0.15) is 5.82 Å².